The molecule has 4 nitrogen and oxygen atoms in total. The Balaban J connectivity index is 2.03. The highest BCUT2D eigenvalue weighted by Crippen LogP contribution is 2.14. The summed E-state index contributed by atoms with van der Waals surface area (Å²) in [5.74, 6) is -0.129. The minimum atomic E-state index is -0.879. The molecule has 0 aromatic carbocycles. The molecule has 0 unspecified atom stereocenters. The molecule has 0 atom stereocenters. The predicted molar refractivity (Wildman–Crippen MR) is 59.9 cm³/mol. The smallest absolute Gasteiger partial charge is 0.328 e. The van der Waals surface area contributed by atoms with Crippen LogP contribution in [0.5, 0.6) is 0 Å². The maximum Gasteiger partial charge on any atom is 0.328 e. The zero-order valence-electron chi connectivity index (χ0n) is 9.28. The number of nitrogens with one attached hydrogen (secondary N) is 1. The van der Waals surface area contributed by atoms with Crippen molar-refractivity contribution in [1.29, 1.82) is 0 Å². The van der Waals surface area contributed by atoms with Crippen LogP contribution in [-0.4, -0.2) is 49.2 Å². The van der Waals surface area contributed by atoms with Crippen LogP contribution < -0.4 is 5.32 Å². The van der Waals surface area contributed by atoms with Crippen molar-refractivity contribution in [2.75, 3.05) is 33.2 Å². The Bertz CT molecular complexity index is 221. The van der Waals surface area contributed by atoms with Gasteiger partial charge in [-0.25, -0.2) is 4.79 Å². The van der Waals surface area contributed by atoms with Gasteiger partial charge in [0.2, 0.25) is 0 Å². The Hall–Kier alpha value is -0.870. The van der Waals surface area contributed by atoms with E-state index in [2.05, 4.69) is 17.3 Å². The van der Waals surface area contributed by atoms with Crippen LogP contribution in [0.1, 0.15) is 12.8 Å². The largest absolute Gasteiger partial charge is 0.478 e. The van der Waals surface area contributed by atoms with Crippen LogP contribution in [0.2, 0.25) is 0 Å². The third-order valence-corrected chi connectivity index (χ3v) is 2.79. The van der Waals surface area contributed by atoms with Crippen molar-refractivity contribution in [1.82, 2.24) is 10.2 Å². The highest BCUT2D eigenvalue weighted by atomic mass is 16.4. The lowest BCUT2D eigenvalue weighted by Gasteiger charge is -2.28. The molecule has 0 amide bonds. The molecule has 0 saturated carbocycles. The minimum absolute atomic E-state index is 0.651. The summed E-state index contributed by atoms with van der Waals surface area (Å²) in [5, 5.41) is 11.6. The molecule has 0 aromatic heterocycles. The molecule has 4 heteroatoms. The van der Waals surface area contributed by atoms with Crippen LogP contribution in [0.3, 0.4) is 0 Å². The number of hydrogen-bond donors (Lipinski definition) is 2. The van der Waals surface area contributed by atoms with Gasteiger partial charge in [0.1, 0.15) is 0 Å². The minimum Gasteiger partial charge on any atom is -0.478 e. The highest BCUT2D eigenvalue weighted by molar-refractivity contribution is 5.79. The zero-order chi connectivity index (χ0) is 11.1. The monoisotopic (exact) mass is 212 g/mol. The van der Waals surface area contributed by atoms with E-state index >= 15 is 0 Å². The van der Waals surface area contributed by atoms with Crippen molar-refractivity contribution in [3.8, 4) is 0 Å². The third kappa shape index (κ3) is 5.54. The lowest BCUT2D eigenvalue weighted by molar-refractivity contribution is -0.131. The first kappa shape index (κ1) is 12.2. The summed E-state index contributed by atoms with van der Waals surface area (Å²) >= 11 is 0. The zero-order valence-corrected chi connectivity index (χ0v) is 9.28. The number of rotatable bonds is 5. The molecule has 1 saturated heterocycles. The first-order chi connectivity index (χ1) is 7.18. The average molecular weight is 212 g/mol. The van der Waals surface area contributed by atoms with Crippen LogP contribution >= 0.6 is 0 Å². The normalized spacial score (nSPS) is 19.8. The molecule has 15 heavy (non-hydrogen) atoms. The molecule has 1 heterocycles. The van der Waals surface area contributed by atoms with E-state index in [0.29, 0.717) is 6.54 Å². The molecule has 1 rings (SSSR count). The molecule has 1 fully saturated rings. The van der Waals surface area contributed by atoms with E-state index in [-0.39, 0.29) is 0 Å². The van der Waals surface area contributed by atoms with E-state index in [0.717, 1.165) is 12.5 Å². The highest BCUT2D eigenvalue weighted by Gasteiger charge is 2.15. The number of hydrogen-bond acceptors (Lipinski definition) is 3. The van der Waals surface area contributed by atoms with Crippen molar-refractivity contribution < 1.29 is 9.90 Å². The van der Waals surface area contributed by atoms with Gasteiger partial charge in [0, 0.05) is 12.6 Å². The summed E-state index contributed by atoms with van der Waals surface area (Å²) in [6.45, 7) is 4.01. The maximum atomic E-state index is 10.2. The van der Waals surface area contributed by atoms with Gasteiger partial charge >= 0.3 is 5.97 Å². The molecule has 0 radical (unpaired) electrons. The average Bonchev–Trinajstić information content (AvgIpc) is 2.20. The van der Waals surface area contributed by atoms with Crippen molar-refractivity contribution in [3.05, 3.63) is 12.2 Å². The fourth-order valence-corrected chi connectivity index (χ4v) is 1.80. The third-order valence-electron chi connectivity index (χ3n) is 2.79. The first-order valence-electron chi connectivity index (χ1n) is 5.47. The Morgan fingerprint density at radius 1 is 1.53 bits per heavy atom. The lowest BCUT2D eigenvalue weighted by atomic mass is 9.97. The summed E-state index contributed by atoms with van der Waals surface area (Å²) in [5.41, 5.74) is 0. The second-order valence-corrected chi connectivity index (χ2v) is 4.15. The van der Waals surface area contributed by atoms with E-state index in [1.807, 2.05) is 0 Å². The quantitative estimate of drug-likeness (QED) is 0.516. The van der Waals surface area contributed by atoms with E-state index < -0.39 is 5.97 Å². The number of carboxylic acids is 1. The van der Waals surface area contributed by atoms with Gasteiger partial charge in [0.15, 0.2) is 0 Å². The summed E-state index contributed by atoms with van der Waals surface area (Å²) in [7, 11) is 2.15. The summed E-state index contributed by atoms with van der Waals surface area (Å²) in [6.07, 6.45) is 5.32. The first-order valence-corrected chi connectivity index (χ1v) is 5.47. The number of piperidine rings is 1. The molecule has 1 aliphatic rings. The fraction of sp³-hybridized carbons (Fsp3) is 0.727. The standard InChI is InChI=1S/C11H20N2O2/c1-13-7-4-10(5-8-13)9-12-6-2-3-11(14)15/h2-3,10,12H,4-9H2,1H3,(H,14,15)/b3-2+. The lowest BCUT2D eigenvalue weighted by Crippen LogP contribution is -2.35. The van der Waals surface area contributed by atoms with E-state index in [9.17, 15) is 4.79 Å². The second-order valence-electron chi connectivity index (χ2n) is 4.15. The Labute approximate surface area is 91.0 Å². The van der Waals surface area contributed by atoms with Crippen molar-refractivity contribution >= 4 is 5.97 Å². The Morgan fingerprint density at radius 3 is 2.80 bits per heavy atom. The van der Waals surface area contributed by atoms with Gasteiger partial charge < -0.3 is 15.3 Å². The molecule has 2 N–H and O–H groups in total. The number of aliphatic carboxylic acids is 1. The van der Waals surface area contributed by atoms with Crippen molar-refractivity contribution in [3.63, 3.8) is 0 Å². The maximum absolute atomic E-state index is 10.2. The molecule has 0 bridgehead atoms. The fourth-order valence-electron chi connectivity index (χ4n) is 1.80. The molecule has 86 valence electrons. The van der Waals surface area contributed by atoms with E-state index in [1.165, 1.54) is 32.0 Å². The van der Waals surface area contributed by atoms with Crippen molar-refractivity contribution in [2.45, 2.75) is 12.8 Å². The Morgan fingerprint density at radius 2 is 2.20 bits per heavy atom. The Kier molecular flexibility index (Phi) is 5.36. The van der Waals surface area contributed by atoms with Gasteiger partial charge in [0.05, 0.1) is 0 Å². The van der Waals surface area contributed by atoms with Gasteiger partial charge in [-0.3, -0.25) is 0 Å². The predicted octanol–water partition coefficient (Wildman–Crippen LogP) is 0.559. The molecular weight excluding hydrogens is 192 g/mol. The van der Waals surface area contributed by atoms with Gasteiger partial charge in [-0.05, 0) is 45.4 Å². The molecule has 0 spiro atoms. The van der Waals surface area contributed by atoms with Crippen LogP contribution in [0.15, 0.2) is 12.2 Å². The van der Waals surface area contributed by atoms with Crippen LogP contribution in [0.4, 0.5) is 0 Å². The number of likely N-dealkylation sites (tertiary alicyclic amines) is 1. The second kappa shape index (κ2) is 6.58. The topological polar surface area (TPSA) is 52.6 Å². The summed E-state index contributed by atoms with van der Waals surface area (Å²) in [6, 6.07) is 0. The number of carbonyl (C=O) groups is 1. The molecule has 0 aromatic rings. The molecule has 0 aliphatic carbocycles. The van der Waals surface area contributed by atoms with Gasteiger partial charge in [-0.2, -0.15) is 0 Å². The van der Waals surface area contributed by atoms with Gasteiger partial charge in [-0.15, -0.1) is 0 Å². The van der Waals surface area contributed by atoms with Crippen LogP contribution in [-0.2, 0) is 4.79 Å². The SMILES string of the molecule is CN1CCC(CNC/C=C/C(=O)O)CC1. The summed E-state index contributed by atoms with van der Waals surface area (Å²) < 4.78 is 0. The van der Waals surface area contributed by atoms with Gasteiger partial charge in [-0.1, -0.05) is 6.08 Å². The van der Waals surface area contributed by atoms with E-state index in [4.69, 9.17) is 5.11 Å². The number of nitrogens with zero attached hydrogens (tertiary/aromatic N) is 1. The van der Waals surface area contributed by atoms with Crippen molar-refractivity contribution in [2.24, 2.45) is 5.92 Å². The van der Waals surface area contributed by atoms with Crippen LogP contribution in [0, 0.1) is 5.92 Å². The molecular formula is C11H20N2O2. The summed E-state index contributed by atoms with van der Waals surface area (Å²) in [4.78, 5) is 12.5. The van der Waals surface area contributed by atoms with E-state index in [1.54, 1.807) is 6.08 Å². The number of carboxylic acid groups (broad SMARTS) is 1. The molecule has 1 aliphatic heterocycles. The van der Waals surface area contributed by atoms with Crippen LogP contribution in [0.25, 0.3) is 0 Å². The van der Waals surface area contributed by atoms with Gasteiger partial charge in [0.25, 0.3) is 0 Å².